The molecule has 0 amide bonds. The molecule has 6 heteroatoms. The van der Waals surface area contributed by atoms with E-state index in [2.05, 4.69) is 9.88 Å². The van der Waals surface area contributed by atoms with Crippen molar-refractivity contribution in [2.24, 2.45) is 5.92 Å². The lowest BCUT2D eigenvalue weighted by atomic mass is 9.99. The van der Waals surface area contributed by atoms with Crippen LogP contribution in [-0.4, -0.2) is 45.8 Å². The largest absolute Gasteiger partial charge is 0.396 e. The first-order chi connectivity index (χ1) is 9.78. The van der Waals surface area contributed by atoms with Gasteiger partial charge in [0.2, 0.25) is 0 Å². The lowest BCUT2D eigenvalue weighted by molar-refractivity contribution is 0.117. The number of aliphatic hydroxyl groups is 1. The maximum Gasteiger partial charge on any atom is 0.271 e. The SMILES string of the molecule is O=c1c2sccc2ncn1CCN1CCCC(CO)C1. The van der Waals surface area contributed by atoms with E-state index in [-0.39, 0.29) is 12.2 Å². The highest BCUT2D eigenvalue weighted by Crippen LogP contribution is 2.16. The van der Waals surface area contributed by atoms with E-state index in [1.165, 1.54) is 11.3 Å². The Morgan fingerprint density at radius 1 is 1.45 bits per heavy atom. The molecule has 0 spiro atoms. The molecular weight excluding hydrogens is 274 g/mol. The number of rotatable bonds is 4. The quantitative estimate of drug-likeness (QED) is 0.919. The minimum atomic E-state index is 0.0562. The summed E-state index contributed by atoms with van der Waals surface area (Å²) in [5.41, 5.74) is 0.843. The van der Waals surface area contributed by atoms with E-state index in [9.17, 15) is 9.90 Å². The number of hydrogen-bond acceptors (Lipinski definition) is 5. The van der Waals surface area contributed by atoms with Crippen molar-refractivity contribution in [3.63, 3.8) is 0 Å². The summed E-state index contributed by atoms with van der Waals surface area (Å²) in [5.74, 6) is 0.387. The third-order valence-electron chi connectivity index (χ3n) is 3.95. The topological polar surface area (TPSA) is 58.4 Å². The smallest absolute Gasteiger partial charge is 0.271 e. The molecule has 0 bridgehead atoms. The molecular formula is C14H19N3O2S. The highest BCUT2D eigenvalue weighted by molar-refractivity contribution is 7.17. The molecule has 0 saturated carbocycles. The van der Waals surface area contributed by atoms with Crippen molar-refractivity contribution in [3.8, 4) is 0 Å². The lowest BCUT2D eigenvalue weighted by Gasteiger charge is -2.31. The van der Waals surface area contributed by atoms with Gasteiger partial charge in [0, 0.05) is 26.2 Å². The van der Waals surface area contributed by atoms with Crippen LogP contribution in [-0.2, 0) is 6.54 Å². The van der Waals surface area contributed by atoms with Gasteiger partial charge in [-0.25, -0.2) is 4.98 Å². The molecule has 3 rings (SSSR count). The summed E-state index contributed by atoms with van der Waals surface area (Å²) < 4.78 is 2.43. The molecule has 2 aromatic rings. The van der Waals surface area contributed by atoms with Gasteiger partial charge in [0.15, 0.2) is 0 Å². The molecule has 20 heavy (non-hydrogen) atoms. The zero-order chi connectivity index (χ0) is 13.9. The third-order valence-corrected chi connectivity index (χ3v) is 4.85. The van der Waals surface area contributed by atoms with E-state index in [4.69, 9.17) is 0 Å². The van der Waals surface area contributed by atoms with Gasteiger partial charge >= 0.3 is 0 Å². The fraction of sp³-hybridized carbons (Fsp3) is 0.571. The van der Waals surface area contributed by atoms with Gasteiger partial charge in [-0.3, -0.25) is 9.36 Å². The first kappa shape index (κ1) is 13.7. The highest BCUT2D eigenvalue weighted by Gasteiger charge is 2.18. The molecule has 0 radical (unpaired) electrons. The van der Waals surface area contributed by atoms with Crippen LogP contribution in [0.1, 0.15) is 12.8 Å². The van der Waals surface area contributed by atoms with Crippen molar-refractivity contribution in [2.75, 3.05) is 26.2 Å². The predicted molar refractivity (Wildman–Crippen MR) is 80.1 cm³/mol. The van der Waals surface area contributed by atoms with Crippen molar-refractivity contribution >= 4 is 21.6 Å². The zero-order valence-electron chi connectivity index (χ0n) is 11.4. The van der Waals surface area contributed by atoms with Crippen LogP contribution in [0.2, 0.25) is 0 Å². The number of nitrogens with zero attached hydrogens (tertiary/aromatic N) is 3. The summed E-state index contributed by atoms with van der Waals surface area (Å²) in [6.45, 7) is 3.76. The molecule has 1 N–H and O–H groups in total. The van der Waals surface area contributed by atoms with E-state index in [0.29, 0.717) is 12.5 Å². The second-order valence-electron chi connectivity index (χ2n) is 5.37. The summed E-state index contributed by atoms with van der Waals surface area (Å²) in [6, 6.07) is 1.88. The van der Waals surface area contributed by atoms with Crippen LogP contribution in [0, 0.1) is 5.92 Å². The molecule has 2 aromatic heterocycles. The van der Waals surface area contributed by atoms with Gasteiger partial charge in [-0.05, 0) is 36.8 Å². The van der Waals surface area contributed by atoms with E-state index in [1.54, 1.807) is 10.9 Å². The number of aliphatic hydroxyl groups excluding tert-OH is 1. The van der Waals surface area contributed by atoms with Crippen LogP contribution in [0.5, 0.6) is 0 Å². The number of hydrogen-bond donors (Lipinski definition) is 1. The molecule has 0 aromatic carbocycles. The molecule has 108 valence electrons. The first-order valence-electron chi connectivity index (χ1n) is 7.04. The first-order valence-corrected chi connectivity index (χ1v) is 7.92. The van der Waals surface area contributed by atoms with E-state index < -0.39 is 0 Å². The van der Waals surface area contributed by atoms with Gasteiger partial charge in [-0.1, -0.05) is 0 Å². The Hall–Kier alpha value is -1.24. The van der Waals surface area contributed by atoms with Crippen molar-refractivity contribution in [1.29, 1.82) is 0 Å². The molecule has 0 aliphatic carbocycles. The Bertz CT molecular complexity index is 637. The van der Waals surface area contributed by atoms with Crippen LogP contribution in [0.3, 0.4) is 0 Å². The number of thiophene rings is 1. The fourth-order valence-corrected chi connectivity index (χ4v) is 3.58. The molecule has 1 unspecified atom stereocenters. The molecule has 5 nitrogen and oxygen atoms in total. The van der Waals surface area contributed by atoms with E-state index >= 15 is 0 Å². The minimum Gasteiger partial charge on any atom is -0.396 e. The number of aromatic nitrogens is 2. The Morgan fingerprint density at radius 3 is 3.20 bits per heavy atom. The Kier molecular flexibility index (Phi) is 4.14. The van der Waals surface area contributed by atoms with E-state index in [0.717, 1.165) is 42.7 Å². The average molecular weight is 293 g/mol. The summed E-state index contributed by atoms with van der Waals surface area (Å²) in [5, 5.41) is 11.1. The van der Waals surface area contributed by atoms with Gasteiger partial charge in [0.25, 0.3) is 5.56 Å². The molecule has 1 fully saturated rings. The van der Waals surface area contributed by atoms with E-state index in [1.807, 2.05) is 11.4 Å². The second-order valence-corrected chi connectivity index (χ2v) is 6.29. The van der Waals surface area contributed by atoms with Crippen LogP contribution in [0.15, 0.2) is 22.6 Å². The Morgan fingerprint density at radius 2 is 2.35 bits per heavy atom. The summed E-state index contributed by atoms with van der Waals surface area (Å²) in [7, 11) is 0. The van der Waals surface area contributed by atoms with Gasteiger partial charge in [0.1, 0.15) is 4.70 Å². The Balaban J connectivity index is 1.67. The maximum absolute atomic E-state index is 12.3. The highest BCUT2D eigenvalue weighted by atomic mass is 32.1. The van der Waals surface area contributed by atoms with Crippen molar-refractivity contribution in [3.05, 3.63) is 28.1 Å². The lowest BCUT2D eigenvalue weighted by Crippen LogP contribution is -2.39. The van der Waals surface area contributed by atoms with Gasteiger partial charge < -0.3 is 10.0 Å². The van der Waals surface area contributed by atoms with Gasteiger partial charge in [-0.15, -0.1) is 11.3 Å². The zero-order valence-corrected chi connectivity index (χ0v) is 12.2. The number of likely N-dealkylation sites (tertiary alicyclic amines) is 1. The molecule has 1 saturated heterocycles. The van der Waals surface area contributed by atoms with Crippen LogP contribution < -0.4 is 5.56 Å². The van der Waals surface area contributed by atoms with Crippen molar-refractivity contribution in [1.82, 2.24) is 14.5 Å². The number of fused-ring (bicyclic) bond motifs is 1. The van der Waals surface area contributed by atoms with Crippen LogP contribution >= 0.6 is 11.3 Å². The predicted octanol–water partition coefficient (Wildman–Crippen LogP) is 1.16. The van der Waals surface area contributed by atoms with Crippen LogP contribution in [0.4, 0.5) is 0 Å². The molecule has 1 aliphatic heterocycles. The average Bonchev–Trinajstić information content (AvgIpc) is 2.96. The normalized spacial score (nSPS) is 20.6. The maximum atomic E-state index is 12.3. The van der Waals surface area contributed by atoms with Gasteiger partial charge in [0.05, 0.1) is 11.8 Å². The summed E-state index contributed by atoms with van der Waals surface area (Å²) in [6.07, 6.45) is 3.88. The second kappa shape index (κ2) is 6.03. The summed E-state index contributed by atoms with van der Waals surface area (Å²) in [4.78, 5) is 18.9. The van der Waals surface area contributed by atoms with Crippen molar-refractivity contribution < 1.29 is 5.11 Å². The fourth-order valence-electron chi connectivity index (χ4n) is 2.79. The molecule has 1 atom stereocenters. The van der Waals surface area contributed by atoms with Gasteiger partial charge in [-0.2, -0.15) is 0 Å². The number of piperidine rings is 1. The monoisotopic (exact) mass is 293 g/mol. The summed E-state index contributed by atoms with van der Waals surface area (Å²) >= 11 is 1.45. The minimum absolute atomic E-state index is 0.0562. The standard InChI is InChI=1S/C14H19N3O2S/c18-9-11-2-1-4-16(8-11)5-6-17-10-15-12-3-7-20-13(12)14(17)19/h3,7,10-11,18H,1-2,4-6,8-9H2. The Labute approximate surface area is 121 Å². The van der Waals surface area contributed by atoms with Crippen molar-refractivity contribution in [2.45, 2.75) is 19.4 Å². The third kappa shape index (κ3) is 2.77. The molecule has 3 heterocycles. The van der Waals surface area contributed by atoms with Crippen LogP contribution in [0.25, 0.3) is 10.2 Å². The molecule has 1 aliphatic rings.